The minimum Gasteiger partial charge on any atom is -0.378 e. The second-order valence-corrected chi connectivity index (χ2v) is 5.50. The van der Waals surface area contributed by atoms with Crippen LogP contribution in [0.1, 0.15) is 16.1 Å². The number of morpholine rings is 1. The van der Waals surface area contributed by atoms with Gasteiger partial charge in [0.2, 0.25) is 5.88 Å². The number of benzene rings is 1. The molecule has 0 aliphatic carbocycles. The molecule has 3 rings (SSSR count). The molecular weight excluding hydrogens is 306 g/mol. The molecule has 0 bridgehead atoms. The van der Waals surface area contributed by atoms with Gasteiger partial charge in [-0.3, -0.25) is 4.79 Å². The van der Waals surface area contributed by atoms with Crippen LogP contribution in [0.3, 0.4) is 0 Å². The summed E-state index contributed by atoms with van der Waals surface area (Å²) in [7, 11) is 0. The van der Waals surface area contributed by atoms with Crippen molar-refractivity contribution in [3.63, 3.8) is 0 Å². The zero-order valence-corrected chi connectivity index (χ0v) is 12.9. The molecule has 0 saturated carbocycles. The zero-order chi connectivity index (χ0) is 15.5. The molecule has 1 amide bonds. The molecule has 1 aliphatic rings. The molecule has 0 spiro atoms. The summed E-state index contributed by atoms with van der Waals surface area (Å²) in [4.78, 5) is 14.2. The van der Waals surface area contributed by atoms with Crippen molar-refractivity contribution in [2.75, 3.05) is 36.5 Å². The van der Waals surface area contributed by atoms with Gasteiger partial charge in [0.1, 0.15) is 0 Å². The van der Waals surface area contributed by atoms with Crippen molar-refractivity contribution < 1.29 is 14.1 Å². The number of nitrogens with one attached hydrogen (secondary N) is 1. The van der Waals surface area contributed by atoms with Crippen molar-refractivity contribution in [2.45, 2.75) is 6.92 Å². The fourth-order valence-corrected chi connectivity index (χ4v) is 2.49. The maximum atomic E-state index is 12.2. The van der Waals surface area contributed by atoms with Gasteiger partial charge in [0, 0.05) is 29.9 Å². The maximum Gasteiger partial charge on any atom is 0.277 e. The van der Waals surface area contributed by atoms with Crippen molar-refractivity contribution in [3.05, 3.63) is 40.5 Å². The highest BCUT2D eigenvalue weighted by Gasteiger charge is 2.19. The first-order valence-electron chi connectivity index (χ1n) is 7.00. The highest BCUT2D eigenvalue weighted by Crippen LogP contribution is 2.21. The summed E-state index contributed by atoms with van der Waals surface area (Å²) >= 11 is 5.90. The molecule has 1 aromatic heterocycles. The largest absolute Gasteiger partial charge is 0.378 e. The van der Waals surface area contributed by atoms with E-state index in [0.29, 0.717) is 29.8 Å². The van der Waals surface area contributed by atoms with Crippen LogP contribution in [0.25, 0.3) is 0 Å². The number of hydrogen-bond acceptors (Lipinski definition) is 5. The first-order chi connectivity index (χ1) is 10.6. The van der Waals surface area contributed by atoms with Gasteiger partial charge < -0.3 is 19.5 Å². The lowest BCUT2D eigenvalue weighted by molar-refractivity contribution is 0.101. The van der Waals surface area contributed by atoms with Gasteiger partial charge >= 0.3 is 0 Å². The maximum absolute atomic E-state index is 12.2. The third-order valence-electron chi connectivity index (χ3n) is 3.49. The molecule has 0 atom stereocenters. The average Bonchev–Trinajstić information content (AvgIpc) is 3.01. The number of halogens is 1. The van der Waals surface area contributed by atoms with E-state index in [0.717, 1.165) is 18.7 Å². The highest BCUT2D eigenvalue weighted by molar-refractivity contribution is 6.30. The fourth-order valence-electron chi connectivity index (χ4n) is 2.26. The lowest BCUT2D eigenvalue weighted by Crippen LogP contribution is -2.35. The van der Waals surface area contributed by atoms with Gasteiger partial charge in [-0.25, -0.2) is 0 Å². The Morgan fingerprint density at radius 2 is 2.09 bits per heavy atom. The lowest BCUT2D eigenvalue weighted by atomic mass is 10.2. The van der Waals surface area contributed by atoms with E-state index in [4.69, 9.17) is 20.9 Å². The Balaban J connectivity index is 1.71. The van der Waals surface area contributed by atoms with Gasteiger partial charge in [-0.05, 0) is 30.7 Å². The van der Waals surface area contributed by atoms with E-state index in [9.17, 15) is 4.79 Å². The van der Waals surface area contributed by atoms with Crippen molar-refractivity contribution in [2.24, 2.45) is 0 Å². The molecule has 2 aromatic rings. The molecule has 1 N–H and O–H groups in total. The summed E-state index contributed by atoms with van der Waals surface area (Å²) < 4.78 is 10.5. The van der Waals surface area contributed by atoms with Crippen LogP contribution in [-0.2, 0) is 4.74 Å². The molecule has 22 heavy (non-hydrogen) atoms. The van der Waals surface area contributed by atoms with Crippen LogP contribution in [0.4, 0.5) is 11.6 Å². The van der Waals surface area contributed by atoms with E-state index in [1.807, 2.05) is 11.8 Å². The van der Waals surface area contributed by atoms with Crippen LogP contribution >= 0.6 is 11.6 Å². The van der Waals surface area contributed by atoms with Crippen molar-refractivity contribution in [1.29, 1.82) is 0 Å². The van der Waals surface area contributed by atoms with Crippen LogP contribution < -0.4 is 10.2 Å². The average molecular weight is 322 g/mol. The van der Waals surface area contributed by atoms with E-state index in [-0.39, 0.29) is 11.6 Å². The predicted octanol–water partition coefficient (Wildman–Crippen LogP) is 2.73. The minimum atomic E-state index is -0.311. The summed E-state index contributed by atoms with van der Waals surface area (Å²) in [5.41, 5.74) is 1.83. The molecule has 0 radical (unpaired) electrons. The number of amides is 1. The third kappa shape index (κ3) is 3.23. The van der Waals surface area contributed by atoms with Crippen LogP contribution in [-0.4, -0.2) is 37.4 Å². The number of aromatic nitrogens is 1. The molecule has 1 fully saturated rings. The number of aryl methyl sites for hydroxylation is 1. The topological polar surface area (TPSA) is 67.6 Å². The van der Waals surface area contributed by atoms with Gasteiger partial charge in [0.15, 0.2) is 5.69 Å². The standard InChI is InChI=1S/C15H16ClN3O3/c1-10-8-11(16)2-3-12(10)17-15(20)13-9-14(22-18-13)19-4-6-21-7-5-19/h2-3,8-9H,4-7H2,1H3,(H,17,20). The number of rotatable bonds is 3. The molecule has 0 unspecified atom stereocenters. The highest BCUT2D eigenvalue weighted by atomic mass is 35.5. The Morgan fingerprint density at radius 3 is 2.82 bits per heavy atom. The third-order valence-corrected chi connectivity index (χ3v) is 3.72. The summed E-state index contributed by atoms with van der Waals surface area (Å²) in [6, 6.07) is 6.93. The number of anilines is 2. The number of hydrogen-bond donors (Lipinski definition) is 1. The minimum absolute atomic E-state index is 0.246. The lowest BCUT2D eigenvalue weighted by Gasteiger charge is -2.25. The molecule has 2 heterocycles. The van der Waals surface area contributed by atoms with Gasteiger partial charge in [-0.2, -0.15) is 0 Å². The first-order valence-corrected chi connectivity index (χ1v) is 7.38. The number of ether oxygens (including phenoxy) is 1. The van der Waals surface area contributed by atoms with E-state index in [1.165, 1.54) is 0 Å². The van der Waals surface area contributed by atoms with Gasteiger partial charge in [-0.1, -0.05) is 16.8 Å². The summed E-state index contributed by atoms with van der Waals surface area (Å²) in [5, 5.41) is 7.28. The molecule has 1 saturated heterocycles. The molecule has 6 nitrogen and oxygen atoms in total. The van der Waals surface area contributed by atoms with Crippen molar-refractivity contribution in [1.82, 2.24) is 5.16 Å². The number of carbonyl (C=O) groups excluding carboxylic acids is 1. The monoisotopic (exact) mass is 321 g/mol. The van der Waals surface area contributed by atoms with E-state index >= 15 is 0 Å². The second-order valence-electron chi connectivity index (χ2n) is 5.06. The quantitative estimate of drug-likeness (QED) is 0.941. The second kappa shape index (κ2) is 6.37. The number of nitrogens with zero attached hydrogens (tertiary/aromatic N) is 2. The number of carbonyl (C=O) groups is 1. The van der Waals surface area contributed by atoms with Gasteiger partial charge in [0.25, 0.3) is 5.91 Å². The smallest absolute Gasteiger partial charge is 0.277 e. The van der Waals surface area contributed by atoms with Gasteiger partial charge in [0.05, 0.1) is 13.2 Å². The first kappa shape index (κ1) is 14.9. The predicted molar refractivity (Wildman–Crippen MR) is 83.7 cm³/mol. The summed E-state index contributed by atoms with van der Waals surface area (Å²) in [6.07, 6.45) is 0. The Morgan fingerprint density at radius 1 is 1.32 bits per heavy atom. The zero-order valence-electron chi connectivity index (χ0n) is 12.1. The molecule has 1 aromatic carbocycles. The van der Waals surface area contributed by atoms with E-state index in [1.54, 1.807) is 24.3 Å². The van der Waals surface area contributed by atoms with Crippen molar-refractivity contribution in [3.8, 4) is 0 Å². The van der Waals surface area contributed by atoms with E-state index in [2.05, 4.69) is 10.5 Å². The molecule has 1 aliphatic heterocycles. The van der Waals surface area contributed by atoms with Crippen LogP contribution in [0.5, 0.6) is 0 Å². The molecule has 7 heteroatoms. The Bertz CT molecular complexity index is 680. The fraction of sp³-hybridized carbons (Fsp3) is 0.333. The van der Waals surface area contributed by atoms with Crippen LogP contribution in [0.15, 0.2) is 28.8 Å². The van der Waals surface area contributed by atoms with Crippen molar-refractivity contribution >= 4 is 29.1 Å². The molecule has 116 valence electrons. The van der Waals surface area contributed by atoms with E-state index < -0.39 is 0 Å². The normalized spacial score (nSPS) is 14.9. The Labute approximate surface area is 133 Å². The SMILES string of the molecule is Cc1cc(Cl)ccc1NC(=O)c1cc(N2CCOCC2)on1. The summed E-state index contributed by atoms with van der Waals surface area (Å²) in [6.45, 7) is 4.63. The summed E-state index contributed by atoms with van der Waals surface area (Å²) in [5.74, 6) is 0.273. The van der Waals surface area contributed by atoms with Crippen LogP contribution in [0.2, 0.25) is 5.02 Å². The van der Waals surface area contributed by atoms with Gasteiger partial charge in [-0.15, -0.1) is 0 Å². The Hall–Kier alpha value is -2.05. The van der Waals surface area contributed by atoms with Crippen LogP contribution in [0, 0.1) is 6.92 Å². The molecular formula is C15H16ClN3O3. The Kier molecular flexibility index (Phi) is 4.31.